The molecule has 4 atom stereocenters. The highest BCUT2D eigenvalue weighted by Crippen LogP contribution is 2.58. The summed E-state index contributed by atoms with van der Waals surface area (Å²) in [5, 5.41) is 9.10. The molecule has 0 radical (unpaired) electrons. The minimum Gasteiger partial charge on any atom is -0.359 e. The summed E-state index contributed by atoms with van der Waals surface area (Å²) >= 11 is 3.78. The van der Waals surface area contributed by atoms with Crippen molar-refractivity contribution >= 4 is 30.4 Å². The molecule has 0 saturated carbocycles. The third-order valence-electron chi connectivity index (χ3n) is 5.73. The first kappa shape index (κ1) is 17.3. The Kier molecular flexibility index (Phi) is 3.77. The highest BCUT2D eigenvalue weighted by molar-refractivity contribution is 7.75. The molecule has 0 spiro atoms. The lowest BCUT2D eigenvalue weighted by Crippen LogP contribution is -2.41. The number of carbonyl (C=O) groups excluding carboxylic acids is 2. The number of hydrogen-bond donors (Lipinski definition) is 1. The van der Waals surface area contributed by atoms with Crippen LogP contribution in [0, 0.1) is 30.1 Å². The zero-order valence-corrected chi connectivity index (χ0v) is 15.3. The third-order valence-corrected chi connectivity index (χ3v) is 5.91. The van der Waals surface area contributed by atoms with Gasteiger partial charge in [-0.1, -0.05) is 12.2 Å². The number of nitrogens with zero attached hydrogens (tertiary/aromatic N) is 2. The molecule has 0 N–H and O–H groups in total. The van der Waals surface area contributed by atoms with Crippen molar-refractivity contribution in [1.29, 1.82) is 5.26 Å². The number of hydrogen-bond acceptors (Lipinski definition) is 6. The van der Waals surface area contributed by atoms with Crippen molar-refractivity contribution in [3.8, 4) is 6.07 Å². The second-order valence-electron chi connectivity index (χ2n) is 7.24. The Morgan fingerprint density at radius 1 is 1.31 bits per heavy atom. The molecule has 4 rings (SSSR count). The molecule has 6 nitrogen and oxygen atoms in total. The molecule has 2 bridgehead atoms. The van der Waals surface area contributed by atoms with Crippen molar-refractivity contribution in [2.45, 2.75) is 31.5 Å². The Morgan fingerprint density at radius 3 is 2.69 bits per heavy atom. The van der Waals surface area contributed by atoms with Gasteiger partial charge in [-0.05, 0) is 50.5 Å². The number of benzene rings is 1. The molecular formula is C19H18N2O4S. The zero-order valence-electron chi connectivity index (χ0n) is 14.4. The standard InChI is InChI=1S/C19H18N2O4S/c1-11-9-13(4-3-12(11)10-20)21-16(22)14-15(17(21)23)19(7-8-24-26)6-5-18(14,2)25-19/h3-6,9,14-15,26H,7-8H2,1-2H3/t14-,15+,18?,19?/m0/s1. The van der Waals surface area contributed by atoms with E-state index in [4.69, 9.17) is 14.2 Å². The number of imide groups is 1. The Hall–Kier alpha value is -2.14. The summed E-state index contributed by atoms with van der Waals surface area (Å²) in [7, 11) is 0. The maximum atomic E-state index is 13.2. The van der Waals surface area contributed by atoms with Gasteiger partial charge in [0.1, 0.15) is 5.60 Å². The molecule has 3 aliphatic rings. The Labute approximate surface area is 157 Å². The van der Waals surface area contributed by atoms with Crippen molar-refractivity contribution in [3.05, 3.63) is 41.5 Å². The van der Waals surface area contributed by atoms with Gasteiger partial charge in [0.2, 0.25) is 11.8 Å². The average molecular weight is 370 g/mol. The fraction of sp³-hybridized carbons (Fsp3) is 0.421. The highest BCUT2D eigenvalue weighted by Gasteiger charge is 2.71. The van der Waals surface area contributed by atoms with E-state index in [2.05, 4.69) is 19.0 Å². The van der Waals surface area contributed by atoms with E-state index in [1.165, 1.54) is 4.90 Å². The van der Waals surface area contributed by atoms with Crippen LogP contribution in [-0.2, 0) is 18.5 Å². The molecule has 26 heavy (non-hydrogen) atoms. The van der Waals surface area contributed by atoms with Crippen LogP contribution in [0.4, 0.5) is 5.69 Å². The maximum absolute atomic E-state index is 13.2. The van der Waals surface area contributed by atoms with Gasteiger partial charge in [0.15, 0.2) is 0 Å². The normalized spacial score (nSPS) is 34.5. The number of thiol groups is 1. The lowest BCUT2D eigenvalue weighted by Gasteiger charge is -2.28. The van der Waals surface area contributed by atoms with E-state index < -0.39 is 23.0 Å². The van der Waals surface area contributed by atoms with Crippen LogP contribution in [0.15, 0.2) is 30.4 Å². The van der Waals surface area contributed by atoms with Gasteiger partial charge in [-0.2, -0.15) is 5.26 Å². The lowest BCUT2D eigenvalue weighted by molar-refractivity contribution is -0.129. The number of ether oxygens (including phenoxy) is 1. The summed E-state index contributed by atoms with van der Waals surface area (Å²) < 4.78 is 11.1. The molecule has 2 saturated heterocycles. The summed E-state index contributed by atoms with van der Waals surface area (Å²) in [6.07, 6.45) is 4.22. The molecule has 0 aromatic heterocycles. The second-order valence-corrected chi connectivity index (χ2v) is 7.49. The number of amides is 2. The third kappa shape index (κ3) is 2.13. The van der Waals surface area contributed by atoms with Gasteiger partial charge >= 0.3 is 0 Å². The number of aryl methyl sites for hydroxylation is 1. The molecule has 134 valence electrons. The first-order valence-electron chi connectivity index (χ1n) is 8.42. The average Bonchev–Trinajstić information content (AvgIpc) is 3.18. The first-order chi connectivity index (χ1) is 12.4. The van der Waals surface area contributed by atoms with Crippen LogP contribution in [0.2, 0.25) is 0 Å². The predicted octanol–water partition coefficient (Wildman–Crippen LogP) is 2.32. The van der Waals surface area contributed by atoms with E-state index in [9.17, 15) is 9.59 Å². The van der Waals surface area contributed by atoms with Crippen LogP contribution in [0.25, 0.3) is 0 Å². The number of anilines is 1. The monoisotopic (exact) mass is 370 g/mol. The van der Waals surface area contributed by atoms with Crippen molar-refractivity contribution in [1.82, 2.24) is 0 Å². The highest BCUT2D eigenvalue weighted by atomic mass is 32.1. The van der Waals surface area contributed by atoms with Crippen LogP contribution in [0.3, 0.4) is 0 Å². The molecule has 2 amide bonds. The zero-order chi connectivity index (χ0) is 18.7. The van der Waals surface area contributed by atoms with E-state index in [1.807, 2.05) is 19.1 Å². The van der Waals surface area contributed by atoms with Crippen molar-refractivity contribution in [3.63, 3.8) is 0 Å². The van der Waals surface area contributed by atoms with Crippen LogP contribution < -0.4 is 4.90 Å². The minimum atomic E-state index is -0.842. The molecule has 2 fully saturated rings. The first-order valence-corrected chi connectivity index (χ1v) is 8.79. The quantitative estimate of drug-likeness (QED) is 0.381. The number of carbonyl (C=O) groups is 2. The minimum absolute atomic E-state index is 0.260. The summed E-state index contributed by atoms with van der Waals surface area (Å²) in [4.78, 5) is 27.6. The smallest absolute Gasteiger partial charge is 0.241 e. The van der Waals surface area contributed by atoms with Gasteiger partial charge < -0.3 is 8.92 Å². The van der Waals surface area contributed by atoms with Crippen molar-refractivity contribution in [2.75, 3.05) is 11.5 Å². The van der Waals surface area contributed by atoms with Crippen LogP contribution in [0.5, 0.6) is 0 Å². The van der Waals surface area contributed by atoms with E-state index >= 15 is 0 Å². The molecule has 1 aromatic rings. The predicted molar refractivity (Wildman–Crippen MR) is 96.3 cm³/mol. The topological polar surface area (TPSA) is 79.6 Å². The van der Waals surface area contributed by atoms with Gasteiger partial charge in [-0.3, -0.25) is 9.59 Å². The molecule has 2 unspecified atom stereocenters. The fourth-order valence-electron chi connectivity index (χ4n) is 4.52. The van der Waals surface area contributed by atoms with Crippen LogP contribution in [0.1, 0.15) is 24.5 Å². The fourth-order valence-corrected chi connectivity index (χ4v) is 4.61. The Morgan fingerprint density at radius 2 is 2.04 bits per heavy atom. The van der Waals surface area contributed by atoms with Crippen molar-refractivity contribution < 1.29 is 18.5 Å². The Balaban J connectivity index is 1.75. The summed E-state index contributed by atoms with van der Waals surface area (Å²) in [5.74, 6) is -1.67. The molecule has 1 aromatic carbocycles. The van der Waals surface area contributed by atoms with Crippen molar-refractivity contribution in [2.24, 2.45) is 11.8 Å². The van der Waals surface area contributed by atoms with Gasteiger partial charge in [0.25, 0.3) is 0 Å². The molecular weight excluding hydrogens is 352 g/mol. The maximum Gasteiger partial charge on any atom is 0.241 e. The van der Waals surface area contributed by atoms with Gasteiger partial charge in [0, 0.05) is 6.42 Å². The van der Waals surface area contributed by atoms with E-state index in [-0.39, 0.29) is 11.8 Å². The van der Waals surface area contributed by atoms with Gasteiger partial charge in [0.05, 0.1) is 41.4 Å². The van der Waals surface area contributed by atoms with E-state index in [0.29, 0.717) is 24.3 Å². The molecule has 3 heterocycles. The number of nitriles is 1. The number of fused-ring (bicyclic) bond motifs is 5. The lowest BCUT2D eigenvalue weighted by atomic mass is 9.71. The van der Waals surface area contributed by atoms with E-state index in [1.54, 1.807) is 25.1 Å². The molecule has 3 aliphatic heterocycles. The van der Waals surface area contributed by atoms with Gasteiger partial charge in [-0.25, -0.2) is 4.90 Å². The second kappa shape index (κ2) is 5.68. The summed E-state index contributed by atoms with van der Waals surface area (Å²) in [5.41, 5.74) is 0.0988. The SMILES string of the molecule is Cc1cc(N2C(=O)[C@@H]3[C@H](C2=O)C2(CCOS)C=CC3(C)O2)ccc1C#N. The Bertz CT molecular complexity index is 892. The molecule has 0 aliphatic carbocycles. The van der Waals surface area contributed by atoms with Crippen LogP contribution in [-0.4, -0.2) is 29.6 Å². The van der Waals surface area contributed by atoms with Gasteiger partial charge in [-0.15, -0.1) is 0 Å². The summed E-state index contributed by atoms with van der Waals surface area (Å²) in [6, 6.07) is 7.08. The summed E-state index contributed by atoms with van der Waals surface area (Å²) in [6.45, 7) is 3.94. The largest absolute Gasteiger partial charge is 0.359 e. The van der Waals surface area contributed by atoms with Crippen LogP contribution >= 0.6 is 12.9 Å². The molecule has 7 heteroatoms. The number of rotatable bonds is 4. The van der Waals surface area contributed by atoms with E-state index in [0.717, 1.165) is 5.56 Å².